The third-order valence-corrected chi connectivity index (χ3v) is 4.94. The number of thiazole rings is 1. The Kier molecular flexibility index (Phi) is 4.91. The second kappa shape index (κ2) is 6.71. The van der Waals surface area contributed by atoms with Crippen LogP contribution in [0.25, 0.3) is 0 Å². The normalized spacial score (nSPS) is 31.1. The molecule has 0 radical (unpaired) electrons. The minimum Gasteiger partial charge on any atom is -0.377 e. The van der Waals surface area contributed by atoms with E-state index in [9.17, 15) is 0 Å². The van der Waals surface area contributed by atoms with Crippen molar-refractivity contribution in [3.63, 3.8) is 0 Å². The third-order valence-electron chi connectivity index (χ3n) is 4.18. The Morgan fingerprint density at radius 1 is 1.52 bits per heavy atom. The Bertz CT molecular complexity index is 440. The summed E-state index contributed by atoms with van der Waals surface area (Å²) in [4.78, 5) is 9.08. The maximum absolute atomic E-state index is 6.21. The van der Waals surface area contributed by atoms with Crippen LogP contribution in [0.2, 0.25) is 0 Å². The summed E-state index contributed by atoms with van der Waals surface area (Å²) in [5, 5.41) is 3.22. The molecular formula is C15H25N3O2S. The van der Waals surface area contributed by atoms with E-state index in [-0.39, 0.29) is 5.60 Å². The monoisotopic (exact) mass is 311 g/mol. The molecule has 3 rings (SSSR count). The molecule has 0 saturated carbocycles. The molecule has 2 fully saturated rings. The summed E-state index contributed by atoms with van der Waals surface area (Å²) in [7, 11) is 4.26. The number of aromatic nitrogens is 1. The lowest BCUT2D eigenvalue weighted by molar-refractivity contribution is -0.0563. The van der Waals surface area contributed by atoms with Gasteiger partial charge in [-0.25, -0.2) is 4.98 Å². The first kappa shape index (κ1) is 15.4. The van der Waals surface area contributed by atoms with Gasteiger partial charge >= 0.3 is 0 Å². The average molecular weight is 311 g/mol. The summed E-state index contributed by atoms with van der Waals surface area (Å²) < 4.78 is 12.1. The molecule has 6 heteroatoms. The van der Waals surface area contributed by atoms with Gasteiger partial charge in [-0.2, -0.15) is 0 Å². The summed E-state index contributed by atoms with van der Waals surface area (Å²) >= 11 is 1.72. The molecular weight excluding hydrogens is 286 g/mol. The SMILES string of the molecule is CN(C)C[C@H]1CO[C@@]2(COCCN(Cc3nccs3)C2)C1. The molecule has 2 atom stereocenters. The van der Waals surface area contributed by atoms with Crippen LogP contribution in [0.15, 0.2) is 11.6 Å². The van der Waals surface area contributed by atoms with Gasteiger partial charge in [-0.15, -0.1) is 11.3 Å². The topological polar surface area (TPSA) is 37.8 Å². The predicted octanol–water partition coefficient (Wildman–Crippen LogP) is 1.31. The van der Waals surface area contributed by atoms with Crippen molar-refractivity contribution in [1.82, 2.24) is 14.8 Å². The van der Waals surface area contributed by atoms with Gasteiger partial charge < -0.3 is 14.4 Å². The Morgan fingerprint density at radius 2 is 2.43 bits per heavy atom. The molecule has 0 aromatic carbocycles. The molecule has 21 heavy (non-hydrogen) atoms. The van der Waals surface area contributed by atoms with Crippen molar-refractivity contribution >= 4 is 11.3 Å². The van der Waals surface area contributed by atoms with E-state index < -0.39 is 0 Å². The molecule has 0 N–H and O–H groups in total. The van der Waals surface area contributed by atoms with Crippen LogP contribution in [0.4, 0.5) is 0 Å². The highest BCUT2D eigenvalue weighted by atomic mass is 32.1. The fourth-order valence-corrected chi connectivity index (χ4v) is 4.08. The summed E-state index contributed by atoms with van der Waals surface area (Å²) in [5.41, 5.74) is -0.117. The fourth-order valence-electron chi connectivity index (χ4n) is 3.42. The molecule has 2 aliphatic heterocycles. The maximum Gasteiger partial charge on any atom is 0.107 e. The van der Waals surface area contributed by atoms with Gasteiger partial charge in [0, 0.05) is 31.2 Å². The average Bonchev–Trinajstić information content (AvgIpc) is 3.00. The second-order valence-electron chi connectivity index (χ2n) is 6.52. The lowest BCUT2D eigenvalue weighted by Crippen LogP contribution is -2.44. The summed E-state index contributed by atoms with van der Waals surface area (Å²) in [6.07, 6.45) is 2.98. The first-order chi connectivity index (χ1) is 10.2. The summed E-state index contributed by atoms with van der Waals surface area (Å²) in [5.74, 6) is 0.614. The van der Waals surface area contributed by atoms with Crippen LogP contribution >= 0.6 is 11.3 Å². The van der Waals surface area contributed by atoms with E-state index in [2.05, 4.69) is 28.9 Å². The molecule has 2 saturated heterocycles. The van der Waals surface area contributed by atoms with Crippen LogP contribution in [-0.2, 0) is 16.0 Å². The molecule has 1 spiro atoms. The van der Waals surface area contributed by atoms with Gasteiger partial charge in [-0.05, 0) is 26.4 Å². The molecule has 0 aliphatic carbocycles. The first-order valence-corrected chi connectivity index (χ1v) is 8.50. The maximum atomic E-state index is 6.21. The molecule has 0 amide bonds. The van der Waals surface area contributed by atoms with Crippen LogP contribution in [0, 0.1) is 5.92 Å². The van der Waals surface area contributed by atoms with Crippen molar-refractivity contribution in [2.45, 2.75) is 18.6 Å². The van der Waals surface area contributed by atoms with E-state index in [1.807, 2.05) is 11.6 Å². The van der Waals surface area contributed by atoms with Crippen LogP contribution in [-0.4, -0.2) is 73.9 Å². The van der Waals surface area contributed by atoms with Gasteiger partial charge in [0.2, 0.25) is 0 Å². The third kappa shape index (κ3) is 4.02. The van der Waals surface area contributed by atoms with Gasteiger partial charge in [-0.1, -0.05) is 0 Å². The fraction of sp³-hybridized carbons (Fsp3) is 0.800. The van der Waals surface area contributed by atoms with Crippen molar-refractivity contribution in [1.29, 1.82) is 0 Å². The van der Waals surface area contributed by atoms with Crippen molar-refractivity contribution in [2.75, 3.05) is 53.6 Å². The number of hydrogen-bond donors (Lipinski definition) is 0. The van der Waals surface area contributed by atoms with Crippen molar-refractivity contribution in [3.8, 4) is 0 Å². The Labute approximate surface area is 130 Å². The number of nitrogens with zero attached hydrogens (tertiary/aromatic N) is 3. The zero-order valence-corrected chi connectivity index (χ0v) is 13.8. The minimum atomic E-state index is -0.117. The lowest BCUT2D eigenvalue weighted by atomic mass is 9.94. The summed E-state index contributed by atoms with van der Waals surface area (Å²) in [6, 6.07) is 0. The molecule has 0 bridgehead atoms. The predicted molar refractivity (Wildman–Crippen MR) is 83.6 cm³/mol. The summed E-state index contributed by atoms with van der Waals surface area (Å²) in [6.45, 7) is 6.28. The van der Waals surface area contributed by atoms with E-state index in [1.165, 1.54) is 5.01 Å². The zero-order chi connectivity index (χ0) is 14.7. The van der Waals surface area contributed by atoms with Crippen LogP contribution in [0.5, 0.6) is 0 Å². The highest BCUT2D eigenvalue weighted by Gasteiger charge is 2.43. The van der Waals surface area contributed by atoms with Crippen LogP contribution < -0.4 is 0 Å². The second-order valence-corrected chi connectivity index (χ2v) is 7.49. The Morgan fingerprint density at radius 3 is 3.19 bits per heavy atom. The number of ether oxygens (including phenoxy) is 2. The molecule has 118 valence electrons. The first-order valence-electron chi connectivity index (χ1n) is 7.62. The highest BCUT2D eigenvalue weighted by molar-refractivity contribution is 7.09. The molecule has 2 aliphatic rings. The molecule has 5 nitrogen and oxygen atoms in total. The van der Waals surface area contributed by atoms with Gasteiger partial charge in [0.25, 0.3) is 0 Å². The van der Waals surface area contributed by atoms with E-state index in [0.717, 1.165) is 52.4 Å². The number of hydrogen-bond acceptors (Lipinski definition) is 6. The quantitative estimate of drug-likeness (QED) is 0.838. The zero-order valence-electron chi connectivity index (χ0n) is 13.0. The van der Waals surface area contributed by atoms with E-state index in [4.69, 9.17) is 9.47 Å². The smallest absolute Gasteiger partial charge is 0.107 e. The van der Waals surface area contributed by atoms with Crippen molar-refractivity contribution in [2.24, 2.45) is 5.92 Å². The van der Waals surface area contributed by atoms with E-state index in [1.54, 1.807) is 11.3 Å². The molecule has 3 heterocycles. The highest BCUT2D eigenvalue weighted by Crippen LogP contribution is 2.33. The van der Waals surface area contributed by atoms with Gasteiger partial charge in [0.05, 0.1) is 26.4 Å². The van der Waals surface area contributed by atoms with E-state index in [0.29, 0.717) is 5.92 Å². The van der Waals surface area contributed by atoms with Crippen molar-refractivity contribution < 1.29 is 9.47 Å². The lowest BCUT2D eigenvalue weighted by Gasteiger charge is -2.30. The minimum absolute atomic E-state index is 0.117. The van der Waals surface area contributed by atoms with Crippen LogP contribution in [0.3, 0.4) is 0 Å². The number of rotatable bonds is 4. The Hall–Kier alpha value is -0.530. The van der Waals surface area contributed by atoms with E-state index >= 15 is 0 Å². The van der Waals surface area contributed by atoms with Crippen molar-refractivity contribution in [3.05, 3.63) is 16.6 Å². The molecule has 1 aromatic heterocycles. The van der Waals surface area contributed by atoms with Gasteiger partial charge in [-0.3, -0.25) is 4.90 Å². The van der Waals surface area contributed by atoms with Gasteiger partial charge in [0.1, 0.15) is 10.6 Å². The largest absolute Gasteiger partial charge is 0.377 e. The standard InChI is InChI=1S/C15H25N3O2S/c1-17(2)8-13-7-15(20-10-13)11-18(4-5-19-12-15)9-14-16-3-6-21-14/h3,6,13H,4-5,7-12H2,1-2H3/t13-,15-/m0/s1. The van der Waals surface area contributed by atoms with Gasteiger partial charge in [0.15, 0.2) is 0 Å². The molecule has 0 unspecified atom stereocenters. The Balaban J connectivity index is 1.62. The molecule has 1 aromatic rings. The van der Waals surface area contributed by atoms with Crippen LogP contribution in [0.1, 0.15) is 11.4 Å².